The van der Waals surface area contributed by atoms with Crippen molar-refractivity contribution < 1.29 is 8.81 Å². The Hall–Kier alpha value is -1.32. The minimum atomic E-state index is -0.316. The van der Waals surface area contributed by atoms with E-state index >= 15 is 0 Å². The fraction of sp³-hybridized carbons (Fsp3) is 0.375. The van der Waals surface area contributed by atoms with Gasteiger partial charge in [0.15, 0.2) is 0 Å². The normalized spacial score (nSPS) is 20.2. The average molecular weight is 294 g/mol. The molecule has 1 fully saturated rings. The zero-order valence-electron chi connectivity index (χ0n) is 11.1. The molecule has 0 aliphatic carbocycles. The molecule has 1 aliphatic heterocycles. The van der Waals surface area contributed by atoms with Gasteiger partial charge in [0.2, 0.25) is 0 Å². The van der Waals surface area contributed by atoms with E-state index in [-0.39, 0.29) is 16.8 Å². The Bertz CT molecular complexity index is 564. The van der Waals surface area contributed by atoms with E-state index in [2.05, 4.69) is 5.32 Å². The maximum Gasteiger partial charge on any atom is 0.144 e. The number of rotatable bonds is 4. The summed E-state index contributed by atoms with van der Waals surface area (Å²) in [6, 6.07) is 9.35. The minimum Gasteiger partial charge on any atom is -0.469 e. The Morgan fingerprint density at radius 1 is 1.35 bits per heavy atom. The highest BCUT2D eigenvalue weighted by atomic mass is 35.5. The first-order valence-electron chi connectivity index (χ1n) is 6.95. The van der Waals surface area contributed by atoms with Crippen molar-refractivity contribution >= 4 is 11.6 Å². The number of benzene rings is 1. The summed E-state index contributed by atoms with van der Waals surface area (Å²) >= 11 is 5.87. The molecular weight excluding hydrogens is 277 g/mol. The molecule has 20 heavy (non-hydrogen) atoms. The zero-order valence-corrected chi connectivity index (χ0v) is 11.9. The van der Waals surface area contributed by atoms with E-state index in [1.165, 1.54) is 0 Å². The summed E-state index contributed by atoms with van der Waals surface area (Å²) in [6.07, 6.45) is 4.51. The largest absolute Gasteiger partial charge is 0.469 e. The Morgan fingerprint density at radius 3 is 2.95 bits per heavy atom. The van der Waals surface area contributed by atoms with Crippen molar-refractivity contribution in [3.8, 4) is 0 Å². The van der Waals surface area contributed by atoms with Crippen molar-refractivity contribution in [1.82, 2.24) is 5.32 Å². The van der Waals surface area contributed by atoms with Gasteiger partial charge in [0.05, 0.1) is 11.3 Å². The predicted octanol–water partition coefficient (Wildman–Crippen LogP) is 4.15. The van der Waals surface area contributed by atoms with Crippen LogP contribution in [0.5, 0.6) is 0 Å². The van der Waals surface area contributed by atoms with Gasteiger partial charge < -0.3 is 9.73 Å². The molecule has 1 aliphatic rings. The number of nitrogens with one attached hydrogen (secondary N) is 1. The van der Waals surface area contributed by atoms with Crippen LogP contribution in [0.25, 0.3) is 0 Å². The van der Waals surface area contributed by atoms with E-state index in [1.54, 1.807) is 24.5 Å². The molecule has 1 saturated heterocycles. The van der Waals surface area contributed by atoms with E-state index in [9.17, 15) is 4.39 Å². The lowest BCUT2D eigenvalue weighted by Gasteiger charge is -2.22. The molecule has 2 atom stereocenters. The van der Waals surface area contributed by atoms with E-state index < -0.39 is 0 Å². The lowest BCUT2D eigenvalue weighted by molar-refractivity contribution is 0.391. The van der Waals surface area contributed by atoms with Gasteiger partial charge in [-0.05, 0) is 49.6 Å². The fourth-order valence-corrected chi connectivity index (χ4v) is 3.14. The molecule has 2 unspecified atom stereocenters. The topological polar surface area (TPSA) is 25.2 Å². The Labute approximate surface area is 122 Å². The van der Waals surface area contributed by atoms with Crippen LogP contribution in [0.3, 0.4) is 0 Å². The van der Waals surface area contributed by atoms with Crippen LogP contribution < -0.4 is 5.32 Å². The number of furan rings is 1. The number of hydrogen-bond donors (Lipinski definition) is 1. The maximum atomic E-state index is 14.1. The molecule has 0 amide bonds. The first-order chi connectivity index (χ1) is 9.75. The first kappa shape index (κ1) is 13.7. The van der Waals surface area contributed by atoms with Crippen molar-refractivity contribution in [3.63, 3.8) is 0 Å². The van der Waals surface area contributed by atoms with Crippen LogP contribution in [0, 0.1) is 5.82 Å². The third kappa shape index (κ3) is 2.74. The second-order valence-electron chi connectivity index (χ2n) is 5.24. The van der Waals surface area contributed by atoms with Crippen LogP contribution in [-0.2, 0) is 6.42 Å². The zero-order chi connectivity index (χ0) is 13.9. The highest BCUT2D eigenvalue weighted by molar-refractivity contribution is 6.30. The Balaban J connectivity index is 1.88. The van der Waals surface area contributed by atoms with E-state index in [0.29, 0.717) is 18.0 Å². The summed E-state index contributed by atoms with van der Waals surface area (Å²) in [5.74, 6) is 0.730. The van der Waals surface area contributed by atoms with Gasteiger partial charge in [-0.2, -0.15) is 0 Å². The second-order valence-corrected chi connectivity index (χ2v) is 5.65. The smallest absolute Gasteiger partial charge is 0.144 e. The summed E-state index contributed by atoms with van der Waals surface area (Å²) in [6.45, 7) is 1.01. The van der Waals surface area contributed by atoms with Crippen molar-refractivity contribution in [2.45, 2.75) is 31.2 Å². The summed E-state index contributed by atoms with van der Waals surface area (Å²) in [5.41, 5.74) is 0.646. The molecule has 2 heterocycles. The van der Waals surface area contributed by atoms with Gasteiger partial charge in [-0.1, -0.05) is 23.7 Å². The van der Waals surface area contributed by atoms with Gasteiger partial charge in [0, 0.05) is 12.0 Å². The van der Waals surface area contributed by atoms with Gasteiger partial charge in [-0.15, -0.1) is 0 Å². The molecule has 1 aromatic heterocycles. The lowest BCUT2D eigenvalue weighted by atomic mass is 9.89. The van der Waals surface area contributed by atoms with Crippen LogP contribution in [0.15, 0.2) is 41.0 Å². The fourth-order valence-electron chi connectivity index (χ4n) is 2.94. The molecule has 1 aromatic carbocycles. The molecule has 106 valence electrons. The molecule has 4 heteroatoms. The van der Waals surface area contributed by atoms with Crippen molar-refractivity contribution in [2.75, 3.05) is 6.54 Å². The van der Waals surface area contributed by atoms with Crippen molar-refractivity contribution in [1.29, 1.82) is 0 Å². The quantitative estimate of drug-likeness (QED) is 0.916. The van der Waals surface area contributed by atoms with Gasteiger partial charge in [0.25, 0.3) is 0 Å². The van der Waals surface area contributed by atoms with E-state index in [1.807, 2.05) is 12.1 Å². The highest BCUT2D eigenvalue weighted by Gasteiger charge is 2.29. The second kappa shape index (κ2) is 5.98. The lowest BCUT2D eigenvalue weighted by Crippen LogP contribution is -2.30. The van der Waals surface area contributed by atoms with Gasteiger partial charge in [-0.3, -0.25) is 0 Å². The van der Waals surface area contributed by atoms with Crippen molar-refractivity contribution in [3.05, 3.63) is 58.8 Å². The minimum absolute atomic E-state index is 0.139. The van der Waals surface area contributed by atoms with Crippen LogP contribution in [0.4, 0.5) is 4.39 Å². The standard InChI is InChI=1S/C16H17ClFNO/c17-13-5-1-4-11(16(13)18)10-12(14-6-2-8-19-14)15-7-3-9-20-15/h1,3-5,7,9,12,14,19H,2,6,8,10H2. The summed E-state index contributed by atoms with van der Waals surface area (Å²) in [5, 5.41) is 3.66. The van der Waals surface area contributed by atoms with Gasteiger partial charge in [0.1, 0.15) is 11.6 Å². The van der Waals surface area contributed by atoms with Gasteiger partial charge in [-0.25, -0.2) is 4.39 Å². The SMILES string of the molecule is Fc1c(Cl)cccc1CC(c1ccco1)C1CCCN1. The maximum absolute atomic E-state index is 14.1. The molecule has 1 N–H and O–H groups in total. The molecule has 0 spiro atoms. The molecule has 2 nitrogen and oxygen atoms in total. The van der Waals surface area contributed by atoms with Crippen LogP contribution in [0.1, 0.15) is 30.1 Å². The summed E-state index contributed by atoms with van der Waals surface area (Å²) in [4.78, 5) is 0. The Kier molecular flexibility index (Phi) is 4.08. The van der Waals surface area contributed by atoms with Crippen molar-refractivity contribution in [2.24, 2.45) is 0 Å². The highest BCUT2D eigenvalue weighted by Crippen LogP contribution is 2.31. The number of halogens is 2. The van der Waals surface area contributed by atoms with Crippen LogP contribution in [0.2, 0.25) is 5.02 Å². The van der Waals surface area contributed by atoms with Gasteiger partial charge >= 0.3 is 0 Å². The number of hydrogen-bond acceptors (Lipinski definition) is 2. The molecule has 0 bridgehead atoms. The van der Waals surface area contributed by atoms with Crippen LogP contribution in [-0.4, -0.2) is 12.6 Å². The Morgan fingerprint density at radius 2 is 2.25 bits per heavy atom. The summed E-state index contributed by atoms with van der Waals surface area (Å²) < 4.78 is 19.7. The van der Waals surface area contributed by atoms with Crippen LogP contribution >= 0.6 is 11.6 Å². The summed E-state index contributed by atoms with van der Waals surface area (Å²) in [7, 11) is 0. The molecular formula is C16H17ClFNO. The third-order valence-electron chi connectivity index (χ3n) is 3.96. The monoisotopic (exact) mass is 293 g/mol. The third-order valence-corrected chi connectivity index (χ3v) is 4.26. The molecule has 0 saturated carbocycles. The predicted molar refractivity (Wildman–Crippen MR) is 77.6 cm³/mol. The molecule has 2 aromatic rings. The van der Waals surface area contributed by atoms with E-state index in [4.69, 9.17) is 16.0 Å². The molecule has 0 radical (unpaired) electrons. The molecule has 3 rings (SSSR count). The van der Waals surface area contributed by atoms with E-state index in [0.717, 1.165) is 25.1 Å². The average Bonchev–Trinajstić information content (AvgIpc) is 3.13. The first-order valence-corrected chi connectivity index (χ1v) is 7.33.